The van der Waals surface area contributed by atoms with Gasteiger partial charge in [0.1, 0.15) is 5.69 Å². The zero-order valence-electron chi connectivity index (χ0n) is 14.2. The van der Waals surface area contributed by atoms with Gasteiger partial charge < -0.3 is 14.7 Å². The highest BCUT2D eigenvalue weighted by Gasteiger charge is 2.18. The highest BCUT2D eigenvalue weighted by Crippen LogP contribution is 2.20. The number of halogens is 1. The second-order valence-corrected chi connectivity index (χ2v) is 6.12. The van der Waals surface area contributed by atoms with Crippen LogP contribution < -0.4 is 5.32 Å². The fourth-order valence-corrected chi connectivity index (χ4v) is 2.86. The molecule has 1 N–H and O–H groups in total. The Bertz CT molecular complexity index is 648. The molecule has 1 aromatic carbocycles. The minimum Gasteiger partial charge on any atom is -0.356 e. The SMILES string of the molecule is CN=C(NCc1cc(-c2ccccc2)on1)N1CCC(C)CC1.I. The third-order valence-corrected chi connectivity index (χ3v) is 4.34. The normalized spacial score (nSPS) is 15.9. The molecule has 1 aliphatic rings. The number of nitrogens with zero attached hydrogens (tertiary/aromatic N) is 3. The van der Waals surface area contributed by atoms with Gasteiger partial charge in [-0.2, -0.15) is 0 Å². The van der Waals surface area contributed by atoms with Gasteiger partial charge in [-0.3, -0.25) is 4.99 Å². The van der Waals surface area contributed by atoms with E-state index in [1.807, 2.05) is 43.4 Å². The van der Waals surface area contributed by atoms with Crippen molar-refractivity contribution in [3.63, 3.8) is 0 Å². The predicted octanol–water partition coefficient (Wildman–Crippen LogP) is 3.77. The summed E-state index contributed by atoms with van der Waals surface area (Å²) in [5, 5.41) is 7.53. The van der Waals surface area contributed by atoms with Crippen molar-refractivity contribution >= 4 is 29.9 Å². The maximum Gasteiger partial charge on any atom is 0.193 e. The summed E-state index contributed by atoms with van der Waals surface area (Å²) in [5.41, 5.74) is 1.93. The van der Waals surface area contributed by atoms with E-state index < -0.39 is 0 Å². The van der Waals surface area contributed by atoms with Crippen LogP contribution in [0.3, 0.4) is 0 Å². The molecule has 2 aromatic rings. The molecule has 24 heavy (non-hydrogen) atoms. The molecular formula is C18H25IN4O. The molecule has 130 valence electrons. The number of guanidine groups is 1. The minimum atomic E-state index is 0. The van der Waals surface area contributed by atoms with Crippen LogP contribution in [0.1, 0.15) is 25.5 Å². The van der Waals surface area contributed by atoms with Crippen molar-refractivity contribution in [1.82, 2.24) is 15.4 Å². The van der Waals surface area contributed by atoms with E-state index in [-0.39, 0.29) is 24.0 Å². The highest BCUT2D eigenvalue weighted by atomic mass is 127. The first-order valence-corrected chi connectivity index (χ1v) is 8.23. The van der Waals surface area contributed by atoms with Gasteiger partial charge in [-0.05, 0) is 18.8 Å². The van der Waals surface area contributed by atoms with Gasteiger partial charge in [-0.1, -0.05) is 42.4 Å². The van der Waals surface area contributed by atoms with Crippen molar-refractivity contribution in [2.24, 2.45) is 10.9 Å². The lowest BCUT2D eigenvalue weighted by Crippen LogP contribution is -2.45. The Balaban J connectivity index is 0.00000208. The van der Waals surface area contributed by atoms with Gasteiger partial charge >= 0.3 is 0 Å². The first kappa shape index (κ1) is 18.8. The molecule has 2 heterocycles. The van der Waals surface area contributed by atoms with E-state index in [4.69, 9.17) is 4.52 Å². The number of piperidine rings is 1. The predicted molar refractivity (Wildman–Crippen MR) is 108 cm³/mol. The van der Waals surface area contributed by atoms with Crippen molar-refractivity contribution in [3.8, 4) is 11.3 Å². The Morgan fingerprint density at radius 3 is 2.67 bits per heavy atom. The molecule has 0 saturated carbocycles. The fraction of sp³-hybridized carbons (Fsp3) is 0.444. The first-order chi connectivity index (χ1) is 11.3. The van der Waals surface area contributed by atoms with Crippen molar-refractivity contribution in [2.45, 2.75) is 26.3 Å². The van der Waals surface area contributed by atoms with E-state index in [9.17, 15) is 0 Å². The molecule has 5 nitrogen and oxygen atoms in total. The number of aliphatic imine (C=N–C) groups is 1. The monoisotopic (exact) mass is 440 g/mol. The van der Waals surface area contributed by atoms with Crippen LogP contribution in [0.2, 0.25) is 0 Å². The Morgan fingerprint density at radius 2 is 2.00 bits per heavy atom. The average Bonchev–Trinajstić information content (AvgIpc) is 3.07. The molecule has 0 amide bonds. The molecule has 6 heteroatoms. The summed E-state index contributed by atoms with van der Waals surface area (Å²) in [6.07, 6.45) is 2.45. The number of likely N-dealkylation sites (tertiary alicyclic amines) is 1. The van der Waals surface area contributed by atoms with E-state index >= 15 is 0 Å². The van der Waals surface area contributed by atoms with Gasteiger partial charge in [-0.15, -0.1) is 24.0 Å². The van der Waals surface area contributed by atoms with Crippen LogP contribution in [0, 0.1) is 5.92 Å². The van der Waals surface area contributed by atoms with Gasteiger partial charge in [0.15, 0.2) is 11.7 Å². The zero-order valence-corrected chi connectivity index (χ0v) is 16.6. The van der Waals surface area contributed by atoms with E-state index in [1.165, 1.54) is 12.8 Å². The van der Waals surface area contributed by atoms with Crippen LogP contribution in [0.4, 0.5) is 0 Å². The Kier molecular flexibility index (Phi) is 7.08. The zero-order chi connectivity index (χ0) is 16.1. The topological polar surface area (TPSA) is 53.7 Å². The lowest BCUT2D eigenvalue weighted by molar-refractivity contribution is 0.273. The summed E-state index contributed by atoms with van der Waals surface area (Å²) < 4.78 is 5.43. The summed E-state index contributed by atoms with van der Waals surface area (Å²) in [6.45, 7) is 5.06. The quantitative estimate of drug-likeness (QED) is 0.449. The van der Waals surface area contributed by atoms with Gasteiger partial charge in [0.2, 0.25) is 0 Å². The molecular weight excluding hydrogens is 415 g/mol. The number of nitrogens with one attached hydrogen (secondary N) is 1. The second-order valence-electron chi connectivity index (χ2n) is 6.12. The Hall–Kier alpha value is -1.57. The molecule has 1 saturated heterocycles. The summed E-state index contributed by atoms with van der Waals surface area (Å²) >= 11 is 0. The lowest BCUT2D eigenvalue weighted by Gasteiger charge is -2.32. The van der Waals surface area contributed by atoms with Crippen LogP contribution in [0.5, 0.6) is 0 Å². The molecule has 1 aliphatic heterocycles. The van der Waals surface area contributed by atoms with Crippen molar-refractivity contribution in [3.05, 3.63) is 42.1 Å². The molecule has 0 aliphatic carbocycles. The third kappa shape index (κ3) is 4.72. The summed E-state index contributed by atoms with van der Waals surface area (Å²) in [7, 11) is 1.83. The molecule has 0 spiro atoms. The van der Waals surface area contributed by atoms with Crippen LogP contribution in [-0.4, -0.2) is 36.2 Å². The number of rotatable bonds is 3. The van der Waals surface area contributed by atoms with Gasteiger partial charge in [-0.25, -0.2) is 0 Å². The third-order valence-electron chi connectivity index (χ3n) is 4.34. The fourth-order valence-electron chi connectivity index (χ4n) is 2.86. The summed E-state index contributed by atoms with van der Waals surface area (Å²) in [6, 6.07) is 12.0. The number of benzene rings is 1. The van der Waals surface area contributed by atoms with Crippen LogP contribution in [-0.2, 0) is 6.54 Å². The minimum absolute atomic E-state index is 0. The lowest BCUT2D eigenvalue weighted by atomic mass is 10.00. The van der Waals surface area contributed by atoms with Crippen LogP contribution >= 0.6 is 24.0 Å². The largest absolute Gasteiger partial charge is 0.356 e. The molecule has 0 bridgehead atoms. The van der Waals surface area contributed by atoms with E-state index in [0.717, 1.165) is 42.0 Å². The number of aromatic nitrogens is 1. The van der Waals surface area contributed by atoms with E-state index in [2.05, 4.69) is 27.3 Å². The molecule has 1 aromatic heterocycles. The van der Waals surface area contributed by atoms with E-state index in [1.54, 1.807) is 0 Å². The molecule has 0 atom stereocenters. The van der Waals surface area contributed by atoms with Gasteiger partial charge in [0.05, 0.1) is 6.54 Å². The van der Waals surface area contributed by atoms with Gasteiger partial charge in [0, 0.05) is 31.8 Å². The van der Waals surface area contributed by atoms with Crippen molar-refractivity contribution in [1.29, 1.82) is 0 Å². The summed E-state index contributed by atoms with van der Waals surface area (Å²) in [4.78, 5) is 6.71. The molecule has 1 fully saturated rings. The Labute approximate surface area is 160 Å². The van der Waals surface area contributed by atoms with Gasteiger partial charge in [0.25, 0.3) is 0 Å². The Morgan fingerprint density at radius 1 is 1.29 bits per heavy atom. The first-order valence-electron chi connectivity index (χ1n) is 8.23. The summed E-state index contributed by atoms with van der Waals surface area (Å²) in [5.74, 6) is 2.55. The van der Waals surface area contributed by atoms with Crippen LogP contribution in [0.15, 0.2) is 45.9 Å². The van der Waals surface area contributed by atoms with Crippen molar-refractivity contribution in [2.75, 3.05) is 20.1 Å². The number of hydrogen-bond donors (Lipinski definition) is 1. The van der Waals surface area contributed by atoms with E-state index in [0.29, 0.717) is 6.54 Å². The molecule has 0 radical (unpaired) electrons. The standard InChI is InChI=1S/C18H24N4O.HI/c1-14-8-10-22(11-9-14)18(19-2)20-13-16-12-17(23-21-16)15-6-4-3-5-7-15;/h3-7,12,14H,8-11,13H2,1-2H3,(H,19,20);1H. The smallest absolute Gasteiger partial charge is 0.193 e. The second kappa shape index (κ2) is 9.05. The maximum absolute atomic E-state index is 5.43. The average molecular weight is 440 g/mol. The number of hydrogen-bond acceptors (Lipinski definition) is 3. The molecule has 0 unspecified atom stereocenters. The van der Waals surface area contributed by atoms with Crippen molar-refractivity contribution < 1.29 is 4.52 Å². The molecule has 3 rings (SSSR count). The van der Waals surface area contributed by atoms with Crippen LogP contribution in [0.25, 0.3) is 11.3 Å². The highest BCUT2D eigenvalue weighted by molar-refractivity contribution is 14.0. The maximum atomic E-state index is 5.43.